The van der Waals surface area contributed by atoms with Crippen LogP contribution in [0.25, 0.3) is 0 Å². The average Bonchev–Trinajstić information content (AvgIpc) is 2.65. The molecular weight excluding hydrogens is 261 g/mol. The summed E-state index contributed by atoms with van der Waals surface area (Å²) in [6, 6.07) is 11.3. The van der Waals surface area contributed by atoms with Crippen LogP contribution in [0.3, 0.4) is 0 Å². The van der Waals surface area contributed by atoms with Crippen molar-refractivity contribution in [3.8, 4) is 0 Å². The number of hydrogen-bond acceptors (Lipinski definition) is 1. The predicted molar refractivity (Wildman–Crippen MR) is 56.8 cm³/mol. The Labute approximate surface area is 117 Å². The second-order valence-corrected chi connectivity index (χ2v) is 4.10. The van der Waals surface area contributed by atoms with Gasteiger partial charge in [-0.25, -0.2) is 0 Å². The van der Waals surface area contributed by atoms with Crippen LogP contribution in [-0.2, 0) is 37.4 Å². The molecule has 1 heterocycles. The molecule has 0 bridgehead atoms. The fourth-order valence-corrected chi connectivity index (χ4v) is 2.06. The first kappa shape index (κ1) is 13.3. The summed E-state index contributed by atoms with van der Waals surface area (Å²) in [4.78, 5) is 0. The van der Waals surface area contributed by atoms with Gasteiger partial charge in [0.25, 0.3) is 0 Å². The van der Waals surface area contributed by atoms with E-state index in [-0.39, 0.29) is 32.7 Å². The maximum atomic E-state index is 5.46. The van der Waals surface area contributed by atoms with Gasteiger partial charge in [-0.3, -0.25) is 0 Å². The van der Waals surface area contributed by atoms with E-state index in [9.17, 15) is 0 Å². The van der Waals surface area contributed by atoms with E-state index in [0.717, 1.165) is 13.2 Å². The molecule has 79 valence electrons. The molecule has 0 saturated carbocycles. The first-order valence-corrected chi connectivity index (χ1v) is 5.16. The third-order valence-electron chi connectivity index (χ3n) is 3.07. The molecule has 0 amide bonds. The van der Waals surface area contributed by atoms with Crippen molar-refractivity contribution in [3.05, 3.63) is 42.8 Å². The van der Waals surface area contributed by atoms with Gasteiger partial charge in [0.2, 0.25) is 0 Å². The molecule has 15 heavy (non-hydrogen) atoms. The largest absolute Gasteiger partial charge is 0.381 e. The standard InChI is InChI=1S/C13H16O.Y/c1-10-8-14-9-13(10)11(2)12-6-4-3-5-7-12;/h3-6,10-11,13H,2,8-9H2,1H3;/q-2;. The van der Waals surface area contributed by atoms with Crippen LogP contribution in [0.2, 0.25) is 0 Å². The minimum Gasteiger partial charge on any atom is -0.381 e. The van der Waals surface area contributed by atoms with Crippen molar-refractivity contribution in [1.82, 2.24) is 0 Å². The normalized spacial score (nSPS) is 27.1. The Morgan fingerprint density at radius 2 is 2.27 bits per heavy atom. The van der Waals surface area contributed by atoms with Crippen LogP contribution in [0.15, 0.2) is 24.3 Å². The third-order valence-corrected chi connectivity index (χ3v) is 3.07. The molecule has 1 aromatic carbocycles. The van der Waals surface area contributed by atoms with E-state index in [4.69, 9.17) is 4.74 Å². The van der Waals surface area contributed by atoms with E-state index in [0.29, 0.717) is 17.8 Å². The van der Waals surface area contributed by atoms with E-state index in [2.05, 4.69) is 26.0 Å². The van der Waals surface area contributed by atoms with Gasteiger partial charge in [-0.15, -0.1) is 0 Å². The summed E-state index contributed by atoms with van der Waals surface area (Å²) < 4.78 is 5.46. The van der Waals surface area contributed by atoms with Crippen LogP contribution in [-0.4, -0.2) is 13.2 Å². The van der Waals surface area contributed by atoms with Crippen molar-refractivity contribution in [2.24, 2.45) is 11.8 Å². The van der Waals surface area contributed by atoms with E-state index in [1.807, 2.05) is 18.2 Å². The molecule has 1 aromatic rings. The third kappa shape index (κ3) is 3.12. The molecule has 0 aliphatic carbocycles. The minimum atomic E-state index is 0. The molecule has 0 N–H and O–H groups in total. The molecule has 1 radical (unpaired) electrons. The Kier molecular flexibility index (Phi) is 5.45. The molecule has 3 atom stereocenters. The molecule has 0 spiro atoms. The molecular formula is C13H16OY-2. The summed E-state index contributed by atoms with van der Waals surface area (Å²) in [6.07, 6.45) is 0. The van der Waals surface area contributed by atoms with Crippen LogP contribution in [0.4, 0.5) is 0 Å². The maximum Gasteiger partial charge on any atom is 0.0494 e. The van der Waals surface area contributed by atoms with Gasteiger partial charge in [0.15, 0.2) is 0 Å². The van der Waals surface area contributed by atoms with Gasteiger partial charge in [0, 0.05) is 45.9 Å². The number of benzene rings is 1. The quantitative estimate of drug-likeness (QED) is 0.755. The van der Waals surface area contributed by atoms with Crippen LogP contribution in [0.1, 0.15) is 18.4 Å². The summed E-state index contributed by atoms with van der Waals surface area (Å²) in [6.45, 7) is 8.19. The summed E-state index contributed by atoms with van der Waals surface area (Å²) in [5, 5.41) is 0. The van der Waals surface area contributed by atoms with Gasteiger partial charge in [0.05, 0.1) is 0 Å². The average molecular weight is 277 g/mol. The Hall–Kier alpha value is 0.284. The minimum absolute atomic E-state index is 0. The topological polar surface area (TPSA) is 9.23 Å². The molecule has 1 saturated heterocycles. The summed E-state index contributed by atoms with van der Waals surface area (Å²) in [7, 11) is 0. The number of rotatable bonds is 2. The summed E-state index contributed by atoms with van der Waals surface area (Å²) in [5.41, 5.74) is 1.20. The maximum absolute atomic E-state index is 5.46. The zero-order chi connectivity index (χ0) is 9.97. The van der Waals surface area contributed by atoms with Crippen molar-refractivity contribution in [2.75, 3.05) is 13.2 Å². The second kappa shape index (κ2) is 6.13. The molecule has 1 aliphatic heterocycles. The zero-order valence-electron chi connectivity index (χ0n) is 9.15. The fourth-order valence-electron chi connectivity index (χ4n) is 2.06. The zero-order valence-corrected chi connectivity index (χ0v) is 12.0. The van der Waals surface area contributed by atoms with Gasteiger partial charge in [0.1, 0.15) is 0 Å². The number of hydrogen-bond donors (Lipinski definition) is 0. The monoisotopic (exact) mass is 277 g/mol. The van der Waals surface area contributed by atoms with E-state index in [1.165, 1.54) is 5.56 Å². The Bertz CT molecular complexity index is 286. The first-order chi connectivity index (χ1) is 6.79. The summed E-state index contributed by atoms with van der Waals surface area (Å²) in [5.74, 6) is 1.48. The van der Waals surface area contributed by atoms with Crippen LogP contribution in [0.5, 0.6) is 0 Å². The Morgan fingerprint density at radius 3 is 2.80 bits per heavy atom. The van der Waals surface area contributed by atoms with E-state index >= 15 is 0 Å². The molecule has 3 unspecified atom stereocenters. The van der Waals surface area contributed by atoms with Gasteiger partial charge >= 0.3 is 0 Å². The summed E-state index contributed by atoms with van der Waals surface area (Å²) >= 11 is 0. The molecule has 1 nitrogen and oxygen atoms in total. The van der Waals surface area contributed by atoms with E-state index in [1.54, 1.807) is 0 Å². The SMILES string of the molecule is [CH2-]C(c1[c-]cccc1)C1COCC1C.[Y]. The Morgan fingerprint density at radius 1 is 1.47 bits per heavy atom. The van der Waals surface area contributed by atoms with Crippen LogP contribution in [0, 0.1) is 24.8 Å². The van der Waals surface area contributed by atoms with Crippen molar-refractivity contribution in [1.29, 1.82) is 0 Å². The molecule has 1 fully saturated rings. The van der Waals surface area contributed by atoms with Gasteiger partial charge in [-0.2, -0.15) is 41.8 Å². The van der Waals surface area contributed by atoms with E-state index < -0.39 is 0 Å². The van der Waals surface area contributed by atoms with Crippen molar-refractivity contribution in [3.63, 3.8) is 0 Å². The molecule has 2 rings (SSSR count). The first-order valence-electron chi connectivity index (χ1n) is 5.16. The molecule has 2 heteroatoms. The Balaban J connectivity index is 0.00000112. The number of ether oxygens (including phenoxy) is 1. The molecule has 0 aromatic heterocycles. The van der Waals surface area contributed by atoms with Gasteiger partial charge < -0.3 is 11.7 Å². The van der Waals surface area contributed by atoms with Crippen molar-refractivity contribution < 1.29 is 37.4 Å². The van der Waals surface area contributed by atoms with Crippen LogP contribution >= 0.6 is 0 Å². The fraction of sp³-hybridized carbons (Fsp3) is 0.462. The van der Waals surface area contributed by atoms with Crippen molar-refractivity contribution in [2.45, 2.75) is 12.8 Å². The second-order valence-electron chi connectivity index (χ2n) is 4.10. The van der Waals surface area contributed by atoms with Crippen molar-refractivity contribution >= 4 is 0 Å². The smallest absolute Gasteiger partial charge is 0.0494 e. The molecule has 1 aliphatic rings. The van der Waals surface area contributed by atoms with Gasteiger partial charge in [-0.1, -0.05) is 6.92 Å². The predicted octanol–water partition coefficient (Wildman–Crippen LogP) is 2.68. The van der Waals surface area contributed by atoms with Crippen LogP contribution < -0.4 is 0 Å². The van der Waals surface area contributed by atoms with Gasteiger partial charge in [-0.05, 0) is 11.8 Å².